The molecule has 0 aliphatic heterocycles. The molecule has 0 spiro atoms. The summed E-state index contributed by atoms with van der Waals surface area (Å²) in [5, 5.41) is 11.6. The first-order valence-corrected chi connectivity index (χ1v) is 7.25. The van der Waals surface area contributed by atoms with E-state index in [-0.39, 0.29) is 18.8 Å². The second-order valence-corrected chi connectivity index (χ2v) is 5.63. The Morgan fingerprint density at radius 2 is 2.11 bits per heavy atom. The van der Waals surface area contributed by atoms with Crippen molar-refractivity contribution in [1.29, 1.82) is 0 Å². The van der Waals surface area contributed by atoms with Gasteiger partial charge in [-0.05, 0) is 12.1 Å². The third kappa shape index (κ3) is 4.49. The maximum atomic E-state index is 13.3. The number of amides is 1. The van der Waals surface area contributed by atoms with E-state index in [9.17, 15) is 22.7 Å². The number of rotatable bonds is 6. The predicted octanol–water partition coefficient (Wildman–Crippen LogP) is 0.200. The van der Waals surface area contributed by atoms with Gasteiger partial charge in [0.15, 0.2) is 0 Å². The van der Waals surface area contributed by atoms with Crippen LogP contribution in [0.15, 0.2) is 18.2 Å². The second kappa shape index (κ2) is 6.48. The van der Waals surface area contributed by atoms with Crippen LogP contribution < -0.4 is 10.0 Å². The van der Waals surface area contributed by atoms with Crippen molar-refractivity contribution in [2.45, 2.75) is 6.92 Å². The van der Waals surface area contributed by atoms with Crippen molar-refractivity contribution >= 4 is 15.9 Å². The fourth-order valence-corrected chi connectivity index (χ4v) is 2.37. The van der Waals surface area contributed by atoms with E-state index < -0.39 is 33.1 Å². The molecule has 0 radical (unpaired) electrons. The number of carbonyl (C=O) groups is 1. The van der Waals surface area contributed by atoms with Crippen LogP contribution in [-0.2, 0) is 10.0 Å². The molecule has 106 valence electrons. The van der Waals surface area contributed by atoms with Crippen LogP contribution in [0, 0.1) is 5.82 Å². The van der Waals surface area contributed by atoms with Crippen molar-refractivity contribution in [2.75, 3.05) is 18.8 Å². The predicted molar refractivity (Wildman–Crippen MR) is 67.9 cm³/mol. The van der Waals surface area contributed by atoms with Gasteiger partial charge in [-0.3, -0.25) is 4.79 Å². The summed E-state index contributed by atoms with van der Waals surface area (Å²) in [6, 6.07) is 3.47. The highest BCUT2D eigenvalue weighted by molar-refractivity contribution is 7.89. The van der Waals surface area contributed by atoms with Crippen LogP contribution >= 0.6 is 0 Å². The molecule has 1 amide bonds. The highest BCUT2D eigenvalue weighted by Gasteiger charge is 2.17. The zero-order valence-corrected chi connectivity index (χ0v) is 11.1. The van der Waals surface area contributed by atoms with Crippen LogP contribution in [-0.4, -0.2) is 38.3 Å². The number of aromatic hydroxyl groups is 1. The van der Waals surface area contributed by atoms with E-state index in [1.807, 2.05) is 0 Å². The van der Waals surface area contributed by atoms with Crippen molar-refractivity contribution in [3.05, 3.63) is 29.6 Å². The van der Waals surface area contributed by atoms with E-state index in [0.717, 1.165) is 6.07 Å². The average Bonchev–Trinajstić information content (AvgIpc) is 2.28. The average molecular weight is 290 g/mol. The number of sulfonamides is 1. The molecule has 19 heavy (non-hydrogen) atoms. The van der Waals surface area contributed by atoms with E-state index in [4.69, 9.17) is 0 Å². The topological polar surface area (TPSA) is 95.5 Å². The van der Waals surface area contributed by atoms with Gasteiger partial charge in [0.25, 0.3) is 5.91 Å². The van der Waals surface area contributed by atoms with Gasteiger partial charge in [-0.2, -0.15) is 0 Å². The summed E-state index contributed by atoms with van der Waals surface area (Å²) in [4.78, 5) is 11.6. The SMILES string of the molecule is CCNS(=O)(=O)CCNC(=O)c1c(O)cccc1F. The molecule has 0 saturated carbocycles. The molecule has 0 fully saturated rings. The number of halogens is 1. The molecular formula is C11H15FN2O4S. The number of benzene rings is 1. The van der Waals surface area contributed by atoms with Crippen molar-refractivity contribution in [3.8, 4) is 5.75 Å². The lowest BCUT2D eigenvalue weighted by Gasteiger charge is -2.08. The summed E-state index contributed by atoms with van der Waals surface area (Å²) >= 11 is 0. The van der Waals surface area contributed by atoms with Crippen molar-refractivity contribution < 1.29 is 22.7 Å². The van der Waals surface area contributed by atoms with E-state index in [2.05, 4.69) is 10.0 Å². The Morgan fingerprint density at radius 3 is 2.68 bits per heavy atom. The summed E-state index contributed by atoms with van der Waals surface area (Å²) in [5.74, 6) is -2.54. The van der Waals surface area contributed by atoms with E-state index >= 15 is 0 Å². The minimum Gasteiger partial charge on any atom is -0.507 e. The lowest BCUT2D eigenvalue weighted by atomic mass is 10.2. The molecular weight excluding hydrogens is 275 g/mol. The monoisotopic (exact) mass is 290 g/mol. The standard InChI is InChI=1S/C11H15FN2O4S/c1-2-14-19(17,18)7-6-13-11(16)10-8(12)4-3-5-9(10)15/h3-5,14-15H,2,6-7H2,1H3,(H,13,16). The number of phenolic OH excluding ortho intramolecular Hbond substituents is 1. The van der Waals surface area contributed by atoms with Crippen LogP contribution in [0.2, 0.25) is 0 Å². The Morgan fingerprint density at radius 1 is 1.42 bits per heavy atom. The molecule has 3 N–H and O–H groups in total. The van der Waals surface area contributed by atoms with Gasteiger partial charge < -0.3 is 10.4 Å². The summed E-state index contributed by atoms with van der Waals surface area (Å²) in [6.07, 6.45) is 0. The Hall–Kier alpha value is -1.67. The molecule has 1 aromatic rings. The van der Waals surface area contributed by atoms with Gasteiger partial charge in [-0.25, -0.2) is 17.5 Å². The fourth-order valence-electron chi connectivity index (χ4n) is 1.42. The molecule has 0 bridgehead atoms. The summed E-state index contributed by atoms with van der Waals surface area (Å²) in [7, 11) is -3.45. The van der Waals surface area contributed by atoms with Crippen LogP contribution in [0.1, 0.15) is 17.3 Å². The largest absolute Gasteiger partial charge is 0.507 e. The first-order valence-electron chi connectivity index (χ1n) is 5.60. The van der Waals surface area contributed by atoms with Crippen LogP contribution in [0.5, 0.6) is 5.75 Å². The fraction of sp³-hybridized carbons (Fsp3) is 0.364. The second-order valence-electron chi connectivity index (χ2n) is 3.71. The molecule has 0 aliphatic carbocycles. The zero-order valence-electron chi connectivity index (χ0n) is 10.3. The molecule has 1 aromatic carbocycles. The van der Waals surface area contributed by atoms with Crippen LogP contribution in [0.3, 0.4) is 0 Å². The zero-order chi connectivity index (χ0) is 14.5. The maximum Gasteiger partial charge on any atom is 0.258 e. The van der Waals surface area contributed by atoms with Gasteiger partial charge in [0, 0.05) is 13.1 Å². The molecule has 6 nitrogen and oxygen atoms in total. The van der Waals surface area contributed by atoms with E-state index in [0.29, 0.717) is 0 Å². The minimum absolute atomic E-state index is 0.179. The molecule has 0 unspecified atom stereocenters. The summed E-state index contributed by atoms with van der Waals surface area (Å²) in [6.45, 7) is 1.71. The lowest BCUT2D eigenvalue weighted by molar-refractivity contribution is 0.0949. The number of hydrogen-bond donors (Lipinski definition) is 3. The minimum atomic E-state index is -3.45. The molecule has 1 rings (SSSR count). The van der Waals surface area contributed by atoms with E-state index in [1.165, 1.54) is 12.1 Å². The third-order valence-electron chi connectivity index (χ3n) is 2.24. The van der Waals surface area contributed by atoms with Gasteiger partial charge in [-0.1, -0.05) is 13.0 Å². The first-order chi connectivity index (χ1) is 8.87. The molecule has 0 aromatic heterocycles. The normalized spacial score (nSPS) is 11.3. The third-order valence-corrected chi connectivity index (χ3v) is 3.71. The molecule has 0 atom stereocenters. The maximum absolute atomic E-state index is 13.3. The van der Waals surface area contributed by atoms with Gasteiger partial charge in [0.2, 0.25) is 10.0 Å². The number of nitrogens with one attached hydrogen (secondary N) is 2. The number of carbonyl (C=O) groups excluding carboxylic acids is 1. The number of hydrogen-bond acceptors (Lipinski definition) is 4. The van der Waals surface area contributed by atoms with Crippen LogP contribution in [0.4, 0.5) is 4.39 Å². The quantitative estimate of drug-likeness (QED) is 0.697. The highest BCUT2D eigenvalue weighted by Crippen LogP contribution is 2.19. The van der Waals surface area contributed by atoms with Gasteiger partial charge >= 0.3 is 0 Å². The number of phenols is 1. The Labute approximate surface area is 110 Å². The van der Waals surface area contributed by atoms with Gasteiger partial charge in [-0.15, -0.1) is 0 Å². The van der Waals surface area contributed by atoms with Gasteiger partial charge in [0.1, 0.15) is 17.1 Å². The van der Waals surface area contributed by atoms with Gasteiger partial charge in [0.05, 0.1) is 5.75 Å². The van der Waals surface area contributed by atoms with Crippen molar-refractivity contribution in [3.63, 3.8) is 0 Å². The summed E-state index contributed by atoms with van der Waals surface area (Å²) in [5.41, 5.74) is -0.497. The van der Waals surface area contributed by atoms with E-state index in [1.54, 1.807) is 6.92 Å². The molecule has 0 aliphatic rings. The molecule has 8 heteroatoms. The first kappa shape index (κ1) is 15.4. The van der Waals surface area contributed by atoms with Crippen molar-refractivity contribution in [1.82, 2.24) is 10.0 Å². The smallest absolute Gasteiger partial charge is 0.258 e. The Bertz CT molecular complexity index is 540. The summed E-state index contributed by atoms with van der Waals surface area (Å²) < 4.78 is 38.2. The Kier molecular flexibility index (Phi) is 5.25. The molecule has 0 saturated heterocycles. The molecule has 0 heterocycles. The Balaban J connectivity index is 2.62. The van der Waals surface area contributed by atoms with Crippen molar-refractivity contribution in [2.24, 2.45) is 0 Å². The highest BCUT2D eigenvalue weighted by atomic mass is 32.2. The van der Waals surface area contributed by atoms with Crippen LogP contribution in [0.25, 0.3) is 0 Å². The lowest BCUT2D eigenvalue weighted by Crippen LogP contribution is -2.34.